The molecule has 98 valence electrons. The van der Waals surface area contributed by atoms with Crippen molar-refractivity contribution in [2.45, 2.75) is 51.7 Å². The average Bonchev–Trinajstić information content (AvgIpc) is 2.30. The Kier molecular flexibility index (Phi) is 4.93. The minimum absolute atomic E-state index is 0.469. The minimum Gasteiger partial charge on any atom is -0.481 e. The van der Waals surface area contributed by atoms with Crippen LogP contribution >= 0.6 is 0 Å². The quantitative estimate of drug-likeness (QED) is 0.573. The molecule has 4 unspecified atom stereocenters. The summed E-state index contributed by atoms with van der Waals surface area (Å²) in [6.07, 6.45) is 1.93. The van der Waals surface area contributed by atoms with Gasteiger partial charge < -0.3 is 14.9 Å². The van der Waals surface area contributed by atoms with Gasteiger partial charge >= 0.3 is 11.9 Å². The zero-order valence-corrected chi connectivity index (χ0v) is 10.3. The standard InChI is InChI=1S/C12H20O5/c1-3-8-4-5-10(9(13)6-8)17-12(16)7(2)11(14)15/h7-10,13H,3-6H2,1-2H3,(H,14,15). The number of carbonyl (C=O) groups excluding carboxylic acids is 1. The Hall–Kier alpha value is -1.10. The van der Waals surface area contributed by atoms with Crippen LogP contribution in [0.2, 0.25) is 0 Å². The minimum atomic E-state index is -1.20. The Bertz CT molecular complexity index is 289. The van der Waals surface area contributed by atoms with Crippen LogP contribution in [0.3, 0.4) is 0 Å². The van der Waals surface area contributed by atoms with Crippen molar-refractivity contribution in [1.29, 1.82) is 0 Å². The molecule has 17 heavy (non-hydrogen) atoms. The average molecular weight is 244 g/mol. The number of ether oxygens (including phenoxy) is 1. The number of hydrogen-bond donors (Lipinski definition) is 2. The van der Waals surface area contributed by atoms with E-state index in [0.29, 0.717) is 18.8 Å². The zero-order chi connectivity index (χ0) is 13.0. The highest BCUT2D eigenvalue weighted by atomic mass is 16.6. The smallest absolute Gasteiger partial charge is 0.320 e. The number of rotatable bonds is 4. The van der Waals surface area contributed by atoms with Crippen LogP contribution < -0.4 is 0 Å². The first-order valence-electron chi connectivity index (χ1n) is 6.07. The molecule has 0 spiro atoms. The molecule has 0 aliphatic heterocycles. The third kappa shape index (κ3) is 3.70. The van der Waals surface area contributed by atoms with E-state index in [9.17, 15) is 14.7 Å². The molecule has 0 bridgehead atoms. The van der Waals surface area contributed by atoms with E-state index in [1.54, 1.807) is 0 Å². The lowest BCUT2D eigenvalue weighted by molar-refractivity contribution is -0.168. The first-order valence-corrected chi connectivity index (χ1v) is 6.07. The monoisotopic (exact) mass is 244 g/mol. The molecule has 0 heterocycles. The van der Waals surface area contributed by atoms with Gasteiger partial charge in [-0.15, -0.1) is 0 Å². The molecule has 0 aromatic rings. The van der Waals surface area contributed by atoms with Gasteiger partial charge in [0.1, 0.15) is 6.10 Å². The predicted molar refractivity (Wildman–Crippen MR) is 60.3 cm³/mol. The van der Waals surface area contributed by atoms with Gasteiger partial charge in [-0.1, -0.05) is 13.3 Å². The number of aliphatic hydroxyl groups is 1. The van der Waals surface area contributed by atoms with E-state index in [2.05, 4.69) is 6.92 Å². The summed E-state index contributed by atoms with van der Waals surface area (Å²) in [5, 5.41) is 18.5. The molecule has 0 amide bonds. The topological polar surface area (TPSA) is 83.8 Å². The van der Waals surface area contributed by atoms with Crippen molar-refractivity contribution in [3.8, 4) is 0 Å². The van der Waals surface area contributed by atoms with Crippen molar-refractivity contribution in [2.24, 2.45) is 11.8 Å². The van der Waals surface area contributed by atoms with E-state index in [1.165, 1.54) is 6.92 Å². The number of aliphatic hydroxyl groups excluding tert-OH is 1. The first-order chi connectivity index (χ1) is 7.95. The lowest BCUT2D eigenvalue weighted by Gasteiger charge is -2.32. The largest absolute Gasteiger partial charge is 0.481 e. The Morgan fingerprint density at radius 1 is 1.41 bits per heavy atom. The number of carbonyl (C=O) groups is 2. The summed E-state index contributed by atoms with van der Waals surface area (Å²) in [5.41, 5.74) is 0. The number of carboxylic acid groups (broad SMARTS) is 1. The molecule has 1 aliphatic carbocycles. The van der Waals surface area contributed by atoms with Gasteiger partial charge in [0.05, 0.1) is 6.10 Å². The number of aliphatic carboxylic acids is 1. The second-order valence-electron chi connectivity index (χ2n) is 4.69. The second kappa shape index (κ2) is 6.00. The summed E-state index contributed by atoms with van der Waals surface area (Å²) in [6.45, 7) is 3.35. The summed E-state index contributed by atoms with van der Waals surface area (Å²) in [5.74, 6) is -2.67. The molecule has 1 fully saturated rings. The van der Waals surface area contributed by atoms with E-state index in [0.717, 1.165) is 12.8 Å². The molecule has 2 N–H and O–H groups in total. The van der Waals surface area contributed by atoms with E-state index in [1.807, 2.05) is 0 Å². The fraction of sp³-hybridized carbons (Fsp3) is 0.833. The fourth-order valence-corrected chi connectivity index (χ4v) is 2.06. The summed E-state index contributed by atoms with van der Waals surface area (Å²) >= 11 is 0. The highest BCUT2D eigenvalue weighted by molar-refractivity contribution is 5.93. The molecule has 1 aliphatic rings. The summed E-state index contributed by atoms with van der Waals surface area (Å²) in [6, 6.07) is 0. The van der Waals surface area contributed by atoms with Gasteiger partial charge in [-0.3, -0.25) is 9.59 Å². The van der Waals surface area contributed by atoms with Crippen molar-refractivity contribution in [3.63, 3.8) is 0 Å². The van der Waals surface area contributed by atoms with Crippen LogP contribution in [0.15, 0.2) is 0 Å². The van der Waals surface area contributed by atoms with Crippen molar-refractivity contribution < 1.29 is 24.5 Å². The predicted octanol–water partition coefficient (Wildman–Crippen LogP) is 1.19. The van der Waals surface area contributed by atoms with Crippen LogP contribution in [0.4, 0.5) is 0 Å². The van der Waals surface area contributed by atoms with Gasteiger partial charge in [-0.05, 0) is 32.1 Å². The Morgan fingerprint density at radius 2 is 2.06 bits per heavy atom. The van der Waals surface area contributed by atoms with Gasteiger partial charge in [-0.25, -0.2) is 0 Å². The number of esters is 1. The maximum atomic E-state index is 11.4. The SMILES string of the molecule is CCC1CCC(OC(=O)C(C)C(=O)O)C(O)C1. The lowest BCUT2D eigenvalue weighted by Crippen LogP contribution is -2.39. The number of hydrogen-bond acceptors (Lipinski definition) is 4. The van der Waals surface area contributed by atoms with Crippen LogP contribution in [0.1, 0.15) is 39.5 Å². The van der Waals surface area contributed by atoms with Crippen molar-refractivity contribution in [3.05, 3.63) is 0 Å². The van der Waals surface area contributed by atoms with Crippen molar-refractivity contribution in [2.75, 3.05) is 0 Å². The first kappa shape index (κ1) is 14.0. The highest BCUT2D eigenvalue weighted by Crippen LogP contribution is 2.29. The van der Waals surface area contributed by atoms with Crippen LogP contribution in [0.5, 0.6) is 0 Å². The van der Waals surface area contributed by atoms with Crippen LogP contribution in [-0.4, -0.2) is 34.4 Å². The van der Waals surface area contributed by atoms with Gasteiger partial charge in [0.2, 0.25) is 0 Å². The van der Waals surface area contributed by atoms with Crippen LogP contribution in [0.25, 0.3) is 0 Å². The molecule has 0 aromatic heterocycles. The maximum absolute atomic E-state index is 11.4. The van der Waals surface area contributed by atoms with E-state index >= 15 is 0 Å². The molecule has 4 atom stereocenters. The molecule has 0 radical (unpaired) electrons. The van der Waals surface area contributed by atoms with E-state index in [-0.39, 0.29) is 0 Å². The molecular weight excluding hydrogens is 224 g/mol. The molecule has 0 aromatic carbocycles. The van der Waals surface area contributed by atoms with Gasteiger partial charge in [0.15, 0.2) is 5.92 Å². The van der Waals surface area contributed by atoms with E-state index < -0.39 is 30.1 Å². The fourth-order valence-electron chi connectivity index (χ4n) is 2.06. The molecule has 5 nitrogen and oxygen atoms in total. The molecular formula is C12H20O5. The number of carboxylic acids is 1. The van der Waals surface area contributed by atoms with Gasteiger partial charge in [0, 0.05) is 0 Å². The third-order valence-corrected chi connectivity index (χ3v) is 3.43. The molecule has 1 saturated carbocycles. The Labute approximate surface area is 101 Å². The zero-order valence-electron chi connectivity index (χ0n) is 10.3. The lowest BCUT2D eigenvalue weighted by atomic mass is 9.84. The molecule has 0 saturated heterocycles. The van der Waals surface area contributed by atoms with Gasteiger partial charge in [0.25, 0.3) is 0 Å². The van der Waals surface area contributed by atoms with Gasteiger partial charge in [-0.2, -0.15) is 0 Å². The van der Waals surface area contributed by atoms with Crippen LogP contribution in [0, 0.1) is 11.8 Å². The van der Waals surface area contributed by atoms with Crippen molar-refractivity contribution >= 4 is 11.9 Å². The molecule has 5 heteroatoms. The van der Waals surface area contributed by atoms with Crippen molar-refractivity contribution in [1.82, 2.24) is 0 Å². The summed E-state index contributed by atoms with van der Waals surface area (Å²) < 4.78 is 5.05. The summed E-state index contributed by atoms with van der Waals surface area (Å²) in [7, 11) is 0. The van der Waals surface area contributed by atoms with E-state index in [4.69, 9.17) is 9.84 Å². The third-order valence-electron chi connectivity index (χ3n) is 3.43. The maximum Gasteiger partial charge on any atom is 0.320 e. The Balaban J connectivity index is 2.47. The highest BCUT2D eigenvalue weighted by Gasteiger charge is 2.33. The normalized spacial score (nSPS) is 30.6. The Morgan fingerprint density at radius 3 is 2.53 bits per heavy atom. The van der Waals surface area contributed by atoms with Crippen LogP contribution in [-0.2, 0) is 14.3 Å². The molecule has 1 rings (SSSR count). The second-order valence-corrected chi connectivity index (χ2v) is 4.69. The summed E-state index contributed by atoms with van der Waals surface area (Å²) in [4.78, 5) is 22.0.